The quantitative estimate of drug-likeness (QED) is 0.775. The van der Waals surface area contributed by atoms with Crippen LogP contribution in [-0.2, 0) is 4.79 Å². The molecule has 10 heavy (non-hydrogen) atoms. The first-order chi connectivity index (χ1) is 4.72. The van der Waals surface area contributed by atoms with E-state index in [0.29, 0.717) is 5.57 Å². The Balaban J connectivity index is 3.52. The van der Waals surface area contributed by atoms with Crippen molar-refractivity contribution >= 4 is 5.91 Å². The Morgan fingerprint density at radius 3 is 2.70 bits per heavy atom. The number of rotatable bonds is 4. The predicted molar refractivity (Wildman–Crippen MR) is 36.8 cm³/mol. The molecule has 1 N–H and O–H groups in total. The van der Waals surface area contributed by atoms with Gasteiger partial charge in [0.05, 0.1) is 0 Å². The van der Waals surface area contributed by atoms with Gasteiger partial charge >= 0.3 is 87.7 Å². The first kappa shape index (κ1) is 10.5. The summed E-state index contributed by atoms with van der Waals surface area (Å²) in [6.07, 6.45) is 2.97. The van der Waals surface area contributed by atoms with Crippen molar-refractivity contribution in [3.8, 4) is 0 Å². The second-order valence-electron chi connectivity index (χ2n) is 2.12. The topological polar surface area (TPSA) is 29.1 Å². The van der Waals surface area contributed by atoms with Crippen LogP contribution in [0.15, 0.2) is 12.2 Å². The Hall–Kier alpha value is 0.496. The standard InChI is InChI=1S/C7H13NO.Tb/c1-3-4-5-6(2)7(8)9;/h2-5H2,1H3,(H2,8,9);/q;+1/p-1. The molecule has 60 valence electrons. The summed E-state index contributed by atoms with van der Waals surface area (Å²) in [6, 6.07) is 0. The van der Waals surface area contributed by atoms with Crippen LogP contribution in [0.25, 0.3) is 0 Å². The third-order valence-corrected chi connectivity index (χ3v) is 1.71. The van der Waals surface area contributed by atoms with Gasteiger partial charge in [0.25, 0.3) is 0 Å². The van der Waals surface area contributed by atoms with Gasteiger partial charge in [0, 0.05) is 0 Å². The van der Waals surface area contributed by atoms with Crippen LogP contribution in [-0.4, -0.2) is 5.91 Å². The molecule has 0 bridgehead atoms. The molecule has 0 rings (SSSR count). The molecule has 0 aliphatic rings. The second kappa shape index (κ2) is 6.22. The summed E-state index contributed by atoms with van der Waals surface area (Å²) < 4.78 is 2.54. The minimum atomic E-state index is -0.0338. The number of unbranched alkanes of at least 4 members (excludes halogenated alkanes) is 1. The zero-order valence-electron chi connectivity index (χ0n) is 6.07. The molecule has 0 saturated heterocycles. The van der Waals surface area contributed by atoms with Gasteiger partial charge in [-0.2, -0.15) is 0 Å². The molecule has 0 radical (unpaired) electrons. The number of carbonyl (C=O) groups is 1. The van der Waals surface area contributed by atoms with Crippen molar-refractivity contribution in [2.24, 2.45) is 0 Å². The van der Waals surface area contributed by atoms with Crippen LogP contribution in [0.1, 0.15) is 26.2 Å². The maximum atomic E-state index is 10.8. The van der Waals surface area contributed by atoms with E-state index in [1.165, 1.54) is 0 Å². The van der Waals surface area contributed by atoms with E-state index in [1.54, 1.807) is 37.0 Å². The molecule has 0 aromatic heterocycles. The molecule has 0 aliphatic carbocycles. The molecule has 0 spiro atoms. The summed E-state index contributed by atoms with van der Waals surface area (Å²) in [7, 11) is 0. The van der Waals surface area contributed by atoms with Crippen molar-refractivity contribution in [1.29, 1.82) is 0 Å². The summed E-state index contributed by atoms with van der Waals surface area (Å²) in [4.78, 5) is 10.8. The fourth-order valence-electron chi connectivity index (χ4n) is 0.563. The van der Waals surface area contributed by atoms with Gasteiger partial charge in [-0.25, -0.2) is 0 Å². The van der Waals surface area contributed by atoms with Gasteiger partial charge in [0.15, 0.2) is 0 Å². The molecular weight excluding hydrogens is 273 g/mol. The Labute approximate surface area is 87.0 Å². The van der Waals surface area contributed by atoms with Crippen LogP contribution >= 0.6 is 0 Å². The number of carbonyl (C=O) groups excluding carboxylic acids is 1. The number of nitrogens with one attached hydrogen (secondary N) is 1. The van der Waals surface area contributed by atoms with Gasteiger partial charge < -0.3 is 0 Å². The second-order valence-corrected chi connectivity index (χ2v) is 2.65. The van der Waals surface area contributed by atoms with Gasteiger partial charge in [0.1, 0.15) is 0 Å². The Morgan fingerprint density at radius 1 is 1.70 bits per heavy atom. The van der Waals surface area contributed by atoms with Crippen molar-refractivity contribution in [3.63, 3.8) is 0 Å². The Kier molecular flexibility index (Phi) is 6.53. The van der Waals surface area contributed by atoms with Crippen molar-refractivity contribution in [2.45, 2.75) is 26.2 Å². The Morgan fingerprint density at radius 2 is 2.30 bits per heavy atom. The van der Waals surface area contributed by atoms with Gasteiger partial charge in [-0.15, -0.1) is 0 Å². The number of amides is 1. The molecule has 0 saturated carbocycles. The van der Waals surface area contributed by atoms with Crippen LogP contribution in [0.2, 0.25) is 0 Å². The predicted octanol–water partition coefficient (Wildman–Crippen LogP) is 1.31. The van der Waals surface area contributed by atoms with Crippen LogP contribution in [0.4, 0.5) is 0 Å². The van der Waals surface area contributed by atoms with Crippen molar-refractivity contribution in [3.05, 3.63) is 12.2 Å². The molecule has 1 amide bonds. The molecule has 0 heterocycles. The first-order valence-corrected chi connectivity index (χ1v) is 4.35. The zero-order chi connectivity index (χ0) is 7.98. The molecule has 0 unspecified atom stereocenters. The first-order valence-electron chi connectivity index (χ1n) is 3.29. The molecule has 2 nitrogen and oxygen atoms in total. The average molecular weight is 285 g/mol. The molecule has 0 atom stereocenters. The fraction of sp³-hybridized carbons (Fsp3) is 0.571. The molecular formula is C7H12NOTb. The molecule has 0 fully saturated rings. The van der Waals surface area contributed by atoms with E-state index < -0.39 is 0 Å². The van der Waals surface area contributed by atoms with E-state index in [1.807, 2.05) is 0 Å². The fourth-order valence-corrected chi connectivity index (χ4v) is 0.941. The van der Waals surface area contributed by atoms with Crippen LogP contribution < -0.4 is 1.69 Å². The van der Waals surface area contributed by atoms with E-state index in [-0.39, 0.29) is 5.91 Å². The van der Waals surface area contributed by atoms with E-state index in [9.17, 15) is 4.79 Å². The van der Waals surface area contributed by atoms with E-state index in [2.05, 4.69) is 15.2 Å². The van der Waals surface area contributed by atoms with Gasteiger partial charge in [-0.05, 0) is 0 Å². The molecule has 0 aromatic carbocycles. The third kappa shape index (κ3) is 4.33. The zero-order valence-corrected chi connectivity index (χ0v) is 8.21. The molecule has 3 heteroatoms. The normalized spacial score (nSPS) is 9.10. The van der Waals surface area contributed by atoms with E-state index in [4.69, 9.17) is 0 Å². The summed E-state index contributed by atoms with van der Waals surface area (Å²) in [5.74, 6) is -0.0338. The van der Waals surface area contributed by atoms with Gasteiger partial charge in [-0.3, -0.25) is 0 Å². The number of hydrogen-bond donors (Lipinski definition) is 1. The average Bonchev–Trinajstić information content (AvgIpc) is 1.98. The molecule has 0 aliphatic heterocycles. The van der Waals surface area contributed by atoms with Crippen molar-refractivity contribution in [2.75, 3.05) is 0 Å². The monoisotopic (exact) mass is 285 g/mol. The van der Waals surface area contributed by atoms with Gasteiger partial charge in [0.2, 0.25) is 0 Å². The van der Waals surface area contributed by atoms with E-state index in [0.717, 1.165) is 19.3 Å². The van der Waals surface area contributed by atoms with Crippen molar-refractivity contribution in [1.82, 2.24) is 1.69 Å². The van der Waals surface area contributed by atoms with Crippen LogP contribution in [0.5, 0.6) is 0 Å². The summed E-state index contributed by atoms with van der Waals surface area (Å²) in [6.45, 7) is 5.75. The third-order valence-electron chi connectivity index (χ3n) is 1.23. The van der Waals surface area contributed by atoms with Gasteiger partial charge in [-0.1, -0.05) is 0 Å². The Bertz CT molecular complexity index is 134. The molecule has 0 aromatic rings. The summed E-state index contributed by atoms with van der Waals surface area (Å²) in [5.41, 5.74) is 0.685. The van der Waals surface area contributed by atoms with Crippen LogP contribution in [0, 0.1) is 37.0 Å². The van der Waals surface area contributed by atoms with E-state index >= 15 is 0 Å². The maximum absolute atomic E-state index is 10.8. The number of hydrogen-bond acceptors (Lipinski definition) is 1. The van der Waals surface area contributed by atoms with Crippen LogP contribution in [0.3, 0.4) is 0 Å². The summed E-state index contributed by atoms with van der Waals surface area (Å²) >= 11 is 1.62. The minimum absolute atomic E-state index is 0.0338. The summed E-state index contributed by atoms with van der Waals surface area (Å²) in [5, 5.41) is 0. The van der Waals surface area contributed by atoms with Crippen molar-refractivity contribution < 1.29 is 41.8 Å². The SMILES string of the molecule is C=C(CCCC)C(=O)[NH][Tb].